The van der Waals surface area contributed by atoms with Gasteiger partial charge in [0.1, 0.15) is 23.2 Å². The molecule has 4 aromatic rings. The molecule has 154 valence electrons. The van der Waals surface area contributed by atoms with Crippen LogP contribution in [0.5, 0.6) is 0 Å². The minimum Gasteiger partial charge on any atom is -0.444 e. The van der Waals surface area contributed by atoms with E-state index in [1.807, 2.05) is 42.5 Å². The molecular weight excluding hydrogens is 397 g/mol. The Bertz CT molecular complexity index is 1200. The maximum absolute atomic E-state index is 13.1. The van der Waals surface area contributed by atoms with Crippen LogP contribution < -0.4 is 5.32 Å². The molecular formula is C24H18FN3O3. The third-order valence-corrected chi connectivity index (χ3v) is 5.34. The van der Waals surface area contributed by atoms with Crippen LogP contribution in [0.15, 0.2) is 83.6 Å². The second kappa shape index (κ2) is 7.77. The fraction of sp³-hybridized carbons (Fsp3) is 0.125. The van der Waals surface area contributed by atoms with Crippen molar-refractivity contribution < 1.29 is 18.3 Å². The molecule has 1 N–H and O–H groups in total. The number of hydrogen-bond acceptors (Lipinski definition) is 5. The topological polar surface area (TPSA) is 77.3 Å². The minimum atomic E-state index is -0.834. The molecule has 2 aromatic heterocycles. The standard InChI is InChI=1S/C24H18FN3O3/c25-18-7-9-19(10-8-18)27-23(29)24(14-30-15-24)17-6-11-20(26-12-17)21-13-31-22(28-21)16-4-2-1-3-5-16/h1-13H,14-15H2,(H,27,29). The van der Waals surface area contributed by atoms with Gasteiger partial charge >= 0.3 is 0 Å². The van der Waals surface area contributed by atoms with Crippen molar-refractivity contribution in [1.29, 1.82) is 0 Å². The molecule has 0 aliphatic carbocycles. The zero-order valence-corrected chi connectivity index (χ0v) is 16.4. The maximum atomic E-state index is 13.1. The summed E-state index contributed by atoms with van der Waals surface area (Å²) in [6.07, 6.45) is 3.23. The number of aromatic nitrogens is 2. The molecule has 1 amide bonds. The number of amides is 1. The van der Waals surface area contributed by atoms with Gasteiger partial charge in [-0.1, -0.05) is 24.3 Å². The summed E-state index contributed by atoms with van der Waals surface area (Å²) in [6.45, 7) is 0.506. The van der Waals surface area contributed by atoms with E-state index in [0.717, 1.165) is 11.1 Å². The van der Waals surface area contributed by atoms with Gasteiger partial charge in [-0.2, -0.15) is 0 Å². The largest absolute Gasteiger partial charge is 0.444 e. The highest BCUT2D eigenvalue weighted by Gasteiger charge is 2.47. The number of rotatable bonds is 5. The summed E-state index contributed by atoms with van der Waals surface area (Å²) < 4.78 is 24.1. The summed E-state index contributed by atoms with van der Waals surface area (Å²) >= 11 is 0. The first-order valence-corrected chi connectivity index (χ1v) is 9.77. The summed E-state index contributed by atoms with van der Waals surface area (Å²) in [5.74, 6) is -0.0560. The highest BCUT2D eigenvalue weighted by Crippen LogP contribution is 2.34. The number of nitrogens with zero attached hydrogens (tertiary/aromatic N) is 2. The molecule has 0 atom stereocenters. The van der Waals surface area contributed by atoms with Gasteiger partial charge in [-0.15, -0.1) is 0 Å². The fourth-order valence-electron chi connectivity index (χ4n) is 3.45. The molecule has 31 heavy (non-hydrogen) atoms. The first kappa shape index (κ1) is 19.1. The number of ether oxygens (including phenoxy) is 1. The van der Waals surface area contributed by atoms with Crippen molar-refractivity contribution in [3.63, 3.8) is 0 Å². The van der Waals surface area contributed by atoms with Crippen molar-refractivity contribution in [1.82, 2.24) is 9.97 Å². The number of nitrogens with one attached hydrogen (secondary N) is 1. The van der Waals surface area contributed by atoms with E-state index in [9.17, 15) is 9.18 Å². The van der Waals surface area contributed by atoms with Crippen molar-refractivity contribution >= 4 is 11.6 Å². The van der Waals surface area contributed by atoms with E-state index in [1.54, 1.807) is 12.5 Å². The van der Waals surface area contributed by atoms with E-state index >= 15 is 0 Å². The Morgan fingerprint density at radius 3 is 2.39 bits per heavy atom. The maximum Gasteiger partial charge on any atom is 0.239 e. The lowest BCUT2D eigenvalue weighted by Crippen LogP contribution is -2.55. The van der Waals surface area contributed by atoms with Crippen LogP contribution in [0.25, 0.3) is 22.8 Å². The zero-order chi connectivity index (χ0) is 21.3. The lowest BCUT2D eigenvalue weighted by atomic mass is 9.78. The van der Waals surface area contributed by atoms with Crippen molar-refractivity contribution in [3.8, 4) is 22.8 Å². The van der Waals surface area contributed by atoms with Gasteiger partial charge in [0.05, 0.1) is 18.9 Å². The van der Waals surface area contributed by atoms with Crippen molar-refractivity contribution in [2.45, 2.75) is 5.41 Å². The average molecular weight is 415 g/mol. The number of anilines is 1. The van der Waals surface area contributed by atoms with Gasteiger partial charge in [0.25, 0.3) is 0 Å². The molecule has 0 radical (unpaired) electrons. The van der Waals surface area contributed by atoms with Gasteiger partial charge in [0.15, 0.2) is 0 Å². The van der Waals surface area contributed by atoms with E-state index in [-0.39, 0.29) is 24.9 Å². The van der Waals surface area contributed by atoms with E-state index in [1.165, 1.54) is 24.3 Å². The molecule has 7 heteroatoms. The molecule has 1 aliphatic heterocycles. The van der Waals surface area contributed by atoms with Crippen molar-refractivity contribution in [2.75, 3.05) is 18.5 Å². The molecule has 1 fully saturated rings. The monoisotopic (exact) mass is 415 g/mol. The summed E-state index contributed by atoms with van der Waals surface area (Å²) in [5, 5.41) is 2.84. The Kier molecular flexibility index (Phi) is 4.80. The highest BCUT2D eigenvalue weighted by atomic mass is 19.1. The molecule has 2 aromatic carbocycles. The zero-order valence-electron chi connectivity index (χ0n) is 16.4. The molecule has 0 unspecified atom stereocenters. The third kappa shape index (κ3) is 3.60. The van der Waals surface area contributed by atoms with Crippen LogP contribution in [0.4, 0.5) is 10.1 Å². The Hall–Kier alpha value is -3.84. The van der Waals surface area contributed by atoms with Crippen LogP contribution in [-0.4, -0.2) is 29.1 Å². The normalized spacial score (nSPS) is 14.6. The Balaban J connectivity index is 1.36. The lowest BCUT2D eigenvalue weighted by Gasteiger charge is -2.40. The summed E-state index contributed by atoms with van der Waals surface area (Å²) in [6, 6.07) is 18.9. The van der Waals surface area contributed by atoms with Gasteiger partial charge in [0.2, 0.25) is 11.8 Å². The molecule has 1 aliphatic rings. The molecule has 3 heterocycles. The number of carbonyl (C=O) groups excluding carboxylic acids is 1. The van der Waals surface area contributed by atoms with Crippen molar-refractivity contribution in [2.24, 2.45) is 0 Å². The molecule has 0 bridgehead atoms. The van der Waals surface area contributed by atoms with Gasteiger partial charge in [-0.05, 0) is 48.0 Å². The van der Waals surface area contributed by atoms with Crippen LogP contribution in [0, 0.1) is 5.82 Å². The molecule has 5 rings (SSSR count). The van der Waals surface area contributed by atoms with Crippen LogP contribution in [0.1, 0.15) is 5.56 Å². The van der Waals surface area contributed by atoms with Gasteiger partial charge in [0, 0.05) is 17.4 Å². The minimum absolute atomic E-state index is 0.215. The quantitative estimate of drug-likeness (QED) is 0.521. The smallest absolute Gasteiger partial charge is 0.239 e. The predicted octanol–water partition coefficient (Wildman–Crippen LogP) is 4.45. The Morgan fingerprint density at radius 2 is 1.74 bits per heavy atom. The number of carbonyl (C=O) groups is 1. The van der Waals surface area contributed by atoms with Gasteiger partial charge in [-0.25, -0.2) is 9.37 Å². The number of halogens is 1. The van der Waals surface area contributed by atoms with Gasteiger partial charge < -0.3 is 14.5 Å². The molecule has 0 saturated carbocycles. The molecule has 1 saturated heterocycles. The van der Waals surface area contributed by atoms with E-state index < -0.39 is 5.41 Å². The second-order valence-corrected chi connectivity index (χ2v) is 7.37. The molecule has 0 spiro atoms. The number of oxazole rings is 1. The SMILES string of the molecule is O=C(Nc1ccc(F)cc1)C1(c2ccc(-c3coc(-c4ccccc4)n3)nc2)COC1. The summed E-state index contributed by atoms with van der Waals surface area (Å²) in [7, 11) is 0. The predicted molar refractivity (Wildman–Crippen MR) is 113 cm³/mol. The van der Waals surface area contributed by atoms with Crippen LogP contribution in [-0.2, 0) is 14.9 Å². The fourth-order valence-corrected chi connectivity index (χ4v) is 3.45. The second-order valence-electron chi connectivity index (χ2n) is 7.37. The van der Waals surface area contributed by atoms with Crippen LogP contribution >= 0.6 is 0 Å². The van der Waals surface area contributed by atoms with Crippen LogP contribution in [0.2, 0.25) is 0 Å². The first-order chi connectivity index (χ1) is 15.1. The summed E-state index contributed by atoms with van der Waals surface area (Å²) in [5.41, 5.74) is 2.57. The van der Waals surface area contributed by atoms with Crippen LogP contribution in [0.3, 0.4) is 0 Å². The lowest BCUT2D eigenvalue weighted by molar-refractivity contribution is -0.139. The highest BCUT2D eigenvalue weighted by molar-refractivity contribution is 6.00. The average Bonchev–Trinajstić information content (AvgIpc) is 3.26. The van der Waals surface area contributed by atoms with E-state index in [4.69, 9.17) is 9.15 Å². The van der Waals surface area contributed by atoms with E-state index in [2.05, 4.69) is 15.3 Å². The molecule has 6 nitrogen and oxygen atoms in total. The summed E-state index contributed by atoms with van der Waals surface area (Å²) in [4.78, 5) is 22.0. The number of pyridine rings is 1. The number of benzene rings is 2. The number of hydrogen-bond donors (Lipinski definition) is 1. The Morgan fingerprint density at radius 1 is 0.968 bits per heavy atom. The van der Waals surface area contributed by atoms with E-state index in [0.29, 0.717) is 23.0 Å². The Labute approximate surface area is 177 Å². The van der Waals surface area contributed by atoms with Crippen molar-refractivity contribution in [3.05, 3.63) is 90.6 Å². The van der Waals surface area contributed by atoms with Gasteiger partial charge in [-0.3, -0.25) is 9.78 Å². The third-order valence-electron chi connectivity index (χ3n) is 5.34. The first-order valence-electron chi connectivity index (χ1n) is 9.77.